The van der Waals surface area contributed by atoms with E-state index in [0.717, 1.165) is 48.8 Å². The Kier molecular flexibility index (Phi) is 5.51. The summed E-state index contributed by atoms with van der Waals surface area (Å²) < 4.78 is 5.24. The highest BCUT2D eigenvalue weighted by molar-refractivity contribution is 5.87. The Balaban J connectivity index is 1.66. The number of carbonyl (C=O) groups is 1. The first-order valence-electron chi connectivity index (χ1n) is 9.39. The summed E-state index contributed by atoms with van der Waals surface area (Å²) in [4.78, 5) is 22.0. The molecule has 0 aliphatic carbocycles. The van der Waals surface area contributed by atoms with Crippen molar-refractivity contribution in [2.75, 3.05) is 38.1 Å². The molecule has 1 fully saturated rings. The third kappa shape index (κ3) is 4.13. The minimum absolute atomic E-state index is 0.0464. The van der Waals surface area contributed by atoms with Gasteiger partial charge in [0.25, 0.3) is 0 Å². The van der Waals surface area contributed by atoms with Gasteiger partial charge in [-0.2, -0.15) is 0 Å². The van der Waals surface area contributed by atoms with Gasteiger partial charge < -0.3 is 19.6 Å². The van der Waals surface area contributed by atoms with E-state index in [4.69, 9.17) is 4.52 Å². The van der Waals surface area contributed by atoms with Crippen LogP contribution in [0.1, 0.15) is 36.4 Å². The Hall–Kier alpha value is -2.41. The Morgan fingerprint density at radius 1 is 1.26 bits per heavy atom. The molecule has 0 saturated carbocycles. The van der Waals surface area contributed by atoms with E-state index in [1.54, 1.807) is 0 Å². The van der Waals surface area contributed by atoms with Crippen LogP contribution < -0.4 is 10.2 Å². The Labute approximate surface area is 160 Å². The summed E-state index contributed by atoms with van der Waals surface area (Å²) in [6.07, 6.45) is 1.81. The number of aryl methyl sites for hydroxylation is 2. The zero-order valence-electron chi connectivity index (χ0n) is 16.9. The lowest BCUT2D eigenvalue weighted by Gasteiger charge is -2.33. The third-order valence-electron chi connectivity index (χ3n) is 5.32. The van der Waals surface area contributed by atoms with E-state index < -0.39 is 5.41 Å². The van der Waals surface area contributed by atoms with Gasteiger partial charge >= 0.3 is 0 Å². The Morgan fingerprint density at radius 3 is 2.59 bits per heavy atom. The number of piperazine rings is 1. The highest BCUT2D eigenvalue weighted by Crippen LogP contribution is 2.29. The van der Waals surface area contributed by atoms with Crippen LogP contribution in [-0.4, -0.2) is 54.2 Å². The molecule has 3 rings (SSSR count). The number of hydrogen-bond acceptors (Lipinski definition) is 6. The van der Waals surface area contributed by atoms with Crippen molar-refractivity contribution < 1.29 is 9.32 Å². The van der Waals surface area contributed by atoms with Crippen molar-refractivity contribution in [3.8, 4) is 0 Å². The van der Waals surface area contributed by atoms with Crippen molar-refractivity contribution in [2.45, 2.75) is 39.7 Å². The lowest BCUT2D eigenvalue weighted by molar-refractivity contribution is -0.125. The average molecular weight is 371 g/mol. The molecule has 0 spiro atoms. The van der Waals surface area contributed by atoms with E-state index in [1.165, 1.54) is 0 Å². The van der Waals surface area contributed by atoms with Crippen LogP contribution in [0, 0.1) is 13.8 Å². The van der Waals surface area contributed by atoms with E-state index in [-0.39, 0.29) is 5.91 Å². The van der Waals surface area contributed by atoms with Crippen LogP contribution in [0.15, 0.2) is 22.9 Å². The van der Waals surface area contributed by atoms with E-state index in [9.17, 15) is 4.79 Å². The number of rotatable bonds is 5. The van der Waals surface area contributed by atoms with Gasteiger partial charge in [-0.05, 0) is 52.4 Å². The lowest BCUT2D eigenvalue weighted by Crippen LogP contribution is -2.44. The molecule has 0 bridgehead atoms. The molecule has 0 atom stereocenters. The van der Waals surface area contributed by atoms with Crippen molar-refractivity contribution in [3.63, 3.8) is 0 Å². The number of nitrogens with zero attached hydrogens (tertiary/aromatic N) is 4. The molecular weight excluding hydrogens is 342 g/mol. The molecule has 1 aliphatic heterocycles. The Bertz CT molecular complexity index is 787. The minimum Gasteiger partial charge on any atom is -0.361 e. The van der Waals surface area contributed by atoms with E-state index in [1.807, 2.05) is 40.0 Å². The predicted molar refractivity (Wildman–Crippen MR) is 105 cm³/mol. The van der Waals surface area contributed by atoms with Crippen molar-refractivity contribution in [1.82, 2.24) is 20.4 Å². The third-order valence-corrected chi connectivity index (χ3v) is 5.32. The maximum atomic E-state index is 12.9. The molecule has 2 aromatic heterocycles. The van der Waals surface area contributed by atoms with Gasteiger partial charge in [0.1, 0.15) is 11.6 Å². The molecule has 1 N–H and O–H groups in total. The van der Waals surface area contributed by atoms with Crippen molar-refractivity contribution in [3.05, 3.63) is 40.9 Å². The minimum atomic E-state index is -0.707. The summed E-state index contributed by atoms with van der Waals surface area (Å²) >= 11 is 0. The van der Waals surface area contributed by atoms with E-state index >= 15 is 0 Å². The first-order valence-corrected chi connectivity index (χ1v) is 9.39. The summed E-state index contributed by atoms with van der Waals surface area (Å²) in [7, 11) is 2.14. The SMILES string of the molecule is Cc1noc(C)c1C(C)(C)C(=O)NCc1ccnc(N2CCN(C)CC2)c1. The molecule has 2 aromatic rings. The number of carbonyl (C=O) groups excluding carboxylic acids is 1. The molecular formula is C20H29N5O2. The van der Waals surface area contributed by atoms with Gasteiger partial charge in [0.2, 0.25) is 5.91 Å². The van der Waals surface area contributed by atoms with E-state index in [0.29, 0.717) is 12.3 Å². The number of pyridine rings is 1. The summed E-state index contributed by atoms with van der Waals surface area (Å²) in [6, 6.07) is 4.01. The Morgan fingerprint density at radius 2 is 1.96 bits per heavy atom. The van der Waals surface area contributed by atoms with Crippen LogP contribution in [0.25, 0.3) is 0 Å². The van der Waals surface area contributed by atoms with Crippen molar-refractivity contribution >= 4 is 11.7 Å². The van der Waals surface area contributed by atoms with Crippen LogP contribution >= 0.6 is 0 Å². The van der Waals surface area contributed by atoms with Gasteiger partial charge in [0.05, 0.1) is 11.1 Å². The van der Waals surface area contributed by atoms with Crippen LogP contribution in [0.5, 0.6) is 0 Å². The topological polar surface area (TPSA) is 74.5 Å². The van der Waals surface area contributed by atoms with Crippen molar-refractivity contribution in [2.24, 2.45) is 0 Å². The fraction of sp³-hybridized carbons (Fsp3) is 0.550. The highest BCUT2D eigenvalue weighted by atomic mass is 16.5. The molecule has 0 aromatic carbocycles. The molecule has 1 amide bonds. The maximum absolute atomic E-state index is 12.9. The number of likely N-dealkylation sites (N-methyl/N-ethyl adjacent to an activating group) is 1. The van der Waals surface area contributed by atoms with Crippen LogP contribution in [0.2, 0.25) is 0 Å². The molecule has 1 saturated heterocycles. The van der Waals surface area contributed by atoms with E-state index in [2.05, 4.69) is 38.4 Å². The van der Waals surface area contributed by atoms with Crippen LogP contribution in [0.4, 0.5) is 5.82 Å². The first kappa shape index (κ1) is 19.4. The molecule has 1 aliphatic rings. The van der Waals surface area contributed by atoms with Gasteiger partial charge in [-0.1, -0.05) is 5.16 Å². The molecule has 27 heavy (non-hydrogen) atoms. The van der Waals surface area contributed by atoms with Crippen LogP contribution in [-0.2, 0) is 16.8 Å². The highest BCUT2D eigenvalue weighted by Gasteiger charge is 2.35. The van der Waals surface area contributed by atoms with Crippen LogP contribution in [0.3, 0.4) is 0 Å². The number of anilines is 1. The van der Waals surface area contributed by atoms with Gasteiger partial charge in [-0.25, -0.2) is 4.98 Å². The number of aromatic nitrogens is 2. The van der Waals surface area contributed by atoms with Gasteiger partial charge in [0, 0.05) is 44.5 Å². The largest absolute Gasteiger partial charge is 0.361 e. The quantitative estimate of drug-likeness (QED) is 0.867. The fourth-order valence-electron chi connectivity index (χ4n) is 3.67. The monoisotopic (exact) mass is 371 g/mol. The molecule has 3 heterocycles. The van der Waals surface area contributed by atoms with Gasteiger partial charge in [-0.3, -0.25) is 4.79 Å². The average Bonchev–Trinajstić information content (AvgIpc) is 2.99. The predicted octanol–water partition coefficient (Wildman–Crippen LogP) is 2.03. The normalized spacial score (nSPS) is 15.8. The second kappa shape index (κ2) is 7.68. The summed E-state index contributed by atoms with van der Waals surface area (Å²) in [5.41, 5.74) is 1.95. The van der Waals surface area contributed by atoms with Crippen molar-refractivity contribution in [1.29, 1.82) is 0 Å². The molecule has 0 radical (unpaired) electrons. The zero-order valence-corrected chi connectivity index (χ0v) is 16.9. The summed E-state index contributed by atoms with van der Waals surface area (Å²) in [5, 5.41) is 7.04. The molecule has 146 valence electrons. The summed E-state index contributed by atoms with van der Waals surface area (Å²) in [5.74, 6) is 1.61. The lowest BCUT2D eigenvalue weighted by atomic mass is 9.82. The number of hydrogen-bond donors (Lipinski definition) is 1. The second-order valence-corrected chi connectivity index (χ2v) is 7.82. The maximum Gasteiger partial charge on any atom is 0.230 e. The molecule has 0 unspecified atom stereocenters. The number of amides is 1. The summed E-state index contributed by atoms with van der Waals surface area (Å²) in [6.45, 7) is 12.0. The standard InChI is InChI=1S/C20H29N5O2/c1-14-18(15(2)27-23-14)20(3,4)19(26)22-13-16-6-7-21-17(12-16)25-10-8-24(5)9-11-25/h6-7,12H,8-11,13H2,1-5H3,(H,22,26). The molecule has 7 nitrogen and oxygen atoms in total. The second-order valence-electron chi connectivity index (χ2n) is 7.82. The van der Waals surface area contributed by atoms with Gasteiger partial charge in [-0.15, -0.1) is 0 Å². The zero-order chi connectivity index (χ0) is 19.6. The molecule has 7 heteroatoms. The number of nitrogens with one attached hydrogen (secondary N) is 1. The fourth-order valence-corrected chi connectivity index (χ4v) is 3.67. The first-order chi connectivity index (χ1) is 12.8. The van der Waals surface area contributed by atoms with Gasteiger partial charge in [0.15, 0.2) is 0 Å². The smallest absolute Gasteiger partial charge is 0.230 e.